The van der Waals surface area contributed by atoms with Crippen LogP contribution >= 0.6 is 23.8 Å². The van der Waals surface area contributed by atoms with E-state index in [-0.39, 0.29) is 9.88 Å². The van der Waals surface area contributed by atoms with E-state index in [0.717, 1.165) is 11.8 Å². The Morgan fingerprint density at radius 2 is 1.43 bits per heavy atom. The number of halogens is 1. The van der Waals surface area contributed by atoms with Crippen molar-refractivity contribution in [2.75, 3.05) is 6.26 Å². The number of benzene rings is 2. The Kier molecular flexibility index (Phi) is 5.09. The van der Waals surface area contributed by atoms with Gasteiger partial charge in [0.15, 0.2) is 9.84 Å². The van der Waals surface area contributed by atoms with Crippen LogP contribution in [0.3, 0.4) is 0 Å². The van der Waals surface area contributed by atoms with Gasteiger partial charge in [-0.15, -0.1) is 0 Å². The Morgan fingerprint density at radius 1 is 0.957 bits per heavy atom. The molecule has 2 aromatic rings. The van der Waals surface area contributed by atoms with Crippen LogP contribution in [-0.2, 0) is 9.84 Å². The molecule has 0 bridgehead atoms. The van der Waals surface area contributed by atoms with Crippen molar-refractivity contribution < 1.29 is 8.42 Å². The summed E-state index contributed by atoms with van der Waals surface area (Å²) in [7, 11) is -3.26. The van der Waals surface area contributed by atoms with E-state index in [0.29, 0.717) is 21.9 Å². The summed E-state index contributed by atoms with van der Waals surface area (Å²) in [6.45, 7) is 0. The number of nitrogens with two attached hydrogens (primary N) is 2. The quantitative estimate of drug-likeness (QED) is 0.493. The van der Waals surface area contributed by atoms with E-state index in [1.165, 1.54) is 12.1 Å². The lowest BCUT2D eigenvalue weighted by Gasteiger charge is -2.12. The second-order valence-corrected chi connectivity index (χ2v) is 7.85. The van der Waals surface area contributed by atoms with Gasteiger partial charge in [-0.25, -0.2) is 8.42 Å². The van der Waals surface area contributed by atoms with Gasteiger partial charge < -0.3 is 11.5 Å². The standard InChI is InChI=1S/C16H15ClN2O2S2/c1-23(20,21)13-8-4-11(5-9-13)15(18)14(16(19)22)10-2-6-12(17)7-3-10/h2-9H,18H2,1H3,(H2,19,22)/b15-14-. The largest absolute Gasteiger partial charge is 0.398 e. The summed E-state index contributed by atoms with van der Waals surface area (Å²) >= 11 is 11.0. The minimum atomic E-state index is -3.26. The molecule has 2 aromatic carbocycles. The molecule has 7 heteroatoms. The predicted octanol–water partition coefficient (Wildman–Crippen LogP) is 2.86. The summed E-state index contributed by atoms with van der Waals surface area (Å²) < 4.78 is 23.0. The van der Waals surface area contributed by atoms with Crippen LogP contribution in [0, 0.1) is 0 Å². The van der Waals surface area contributed by atoms with Gasteiger partial charge in [-0.3, -0.25) is 0 Å². The summed E-state index contributed by atoms with van der Waals surface area (Å²) in [4.78, 5) is 0.370. The van der Waals surface area contributed by atoms with Gasteiger partial charge in [-0.2, -0.15) is 0 Å². The lowest BCUT2D eigenvalue weighted by atomic mass is 10.00. The van der Waals surface area contributed by atoms with Crippen molar-refractivity contribution in [1.82, 2.24) is 0 Å². The van der Waals surface area contributed by atoms with E-state index in [4.69, 9.17) is 35.3 Å². The average molecular weight is 367 g/mol. The van der Waals surface area contributed by atoms with Crippen molar-refractivity contribution in [3.8, 4) is 0 Å². The first kappa shape index (κ1) is 17.5. The molecular weight excluding hydrogens is 352 g/mol. The maximum Gasteiger partial charge on any atom is 0.175 e. The zero-order valence-electron chi connectivity index (χ0n) is 12.3. The molecule has 0 aliphatic carbocycles. The minimum Gasteiger partial charge on any atom is -0.398 e. The van der Waals surface area contributed by atoms with E-state index >= 15 is 0 Å². The summed E-state index contributed by atoms with van der Waals surface area (Å²) in [5, 5.41) is 0.590. The molecule has 4 nitrogen and oxygen atoms in total. The first-order valence-corrected chi connectivity index (χ1v) is 9.24. The summed E-state index contributed by atoms with van der Waals surface area (Å²) in [5.41, 5.74) is 14.3. The molecule has 0 saturated carbocycles. The van der Waals surface area contributed by atoms with Gasteiger partial charge in [-0.05, 0) is 35.4 Å². The molecule has 0 heterocycles. The van der Waals surface area contributed by atoms with E-state index < -0.39 is 9.84 Å². The number of hydrogen-bond donors (Lipinski definition) is 2. The maximum atomic E-state index is 11.5. The monoisotopic (exact) mass is 366 g/mol. The SMILES string of the molecule is CS(=O)(=O)c1ccc(/C(N)=C(/C(N)=S)c2ccc(Cl)cc2)cc1. The first-order chi connectivity index (χ1) is 10.7. The number of sulfone groups is 1. The average Bonchev–Trinajstić information content (AvgIpc) is 2.48. The van der Waals surface area contributed by atoms with Gasteiger partial charge in [0.05, 0.1) is 4.90 Å². The zero-order valence-corrected chi connectivity index (χ0v) is 14.7. The van der Waals surface area contributed by atoms with Crippen molar-refractivity contribution in [1.29, 1.82) is 0 Å². The van der Waals surface area contributed by atoms with E-state index in [9.17, 15) is 8.42 Å². The van der Waals surface area contributed by atoms with E-state index in [1.54, 1.807) is 36.4 Å². The lowest BCUT2D eigenvalue weighted by Crippen LogP contribution is -2.15. The third kappa shape index (κ3) is 4.10. The minimum absolute atomic E-state index is 0.150. The van der Waals surface area contributed by atoms with Crippen LogP contribution < -0.4 is 11.5 Å². The number of hydrogen-bond acceptors (Lipinski definition) is 4. The molecule has 4 N–H and O–H groups in total. The first-order valence-electron chi connectivity index (χ1n) is 6.56. The highest BCUT2D eigenvalue weighted by atomic mass is 35.5. The molecule has 0 aliphatic rings. The van der Waals surface area contributed by atoms with Gasteiger partial charge in [0.25, 0.3) is 0 Å². The van der Waals surface area contributed by atoms with Crippen molar-refractivity contribution in [3.63, 3.8) is 0 Å². The van der Waals surface area contributed by atoms with Crippen LogP contribution in [0.25, 0.3) is 11.3 Å². The third-order valence-electron chi connectivity index (χ3n) is 3.24. The van der Waals surface area contributed by atoms with Gasteiger partial charge in [-0.1, -0.05) is 48.1 Å². The topological polar surface area (TPSA) is 86.2 Å². The molecule has 2 rings (SSSR count). The third-order valence-corrected chi connectivity index (χ3v) is 4.83. The van der Waals surface area contributed by atoms with Crippen LogP contribution in [0.15, 0.2) is 53.4 Å². The molecule has 23 heavy (non-hydrogen) atoms. The highest BCUT2D eigenvalue weighted by Crippen LogP contribution is 2.25. The molecule has 0 saturated heterocycles. The maximum absolute atomic E-state index is 11.5. The predicted molar refractivity (Wildman–Crippen MR) is 98.8 cm³/mol. The molecular formula is C16H15ClN2O2S2. The zero-order chi connectivity index (χ0) is 17.2. The van der Waals surface area contributed by atoms with Crippen molar-refractivity contribution in [3.05, 3.63) is 64.7 Å². The summed E-state index contributed by atoms with van der Waals surface area (Å²) in [5.74, 6) is 0. The molecule has 0 atom stereocenters. The fraction of sp³-hybridized carbons (Fsp3) is 0.0625. The fourth-order valence-electron chi connectivity index (χ4n) is 2.07. The van der Waals surface area contributed by atoms with Crippen molar-refractivity contribution in [2.45, 2.75) is 4.90 Å². The highest BCUT2D eigenvalue weighted by molar-refractivity contribution is 7.90. The van der Waals surface area contributed by atoms with E-state index in [2.05, 4.69) is 0 Å². The Balaban J connectivity index is 2.55. The Hall–Kier alpha value is -1.89. The normalized spacial score (nSPS) is 12.6. The van der Waals surface area contributed by atoms with Gasteiger partial charge in [0.2, 0.25) is 0 Å². The number of thiocarbonyl (C=S) groups is 1. The van der Waals surface area contributed by atoms with Crippen molar-refractivity contribution in [2.24, 2.45) is 11.5 Å². The van der Waals surface area contributed by atoms with Gasteiger partial charge >= 0.3 is 0 Å². The molecule has 0 unspecified atom stereocenters. The van der Waals surface area contributed by atoms with Gasteiger partial charge in [0, 0.05) is 22.5 Å². The smallest absolute Gasteiger partial charge is 0.175 e. The molecule has 0 amide bonds. The Morgan fingerprint density at radius 3 is 1.87 bits per heavy atom. The Bertz CT molecular complexity index is 871. The molecule has 0 fully saturated rings. The number of rotatable bonds is 4. The molecule has 0 aromatic heterocycles. The fourth-order valence-corrected chi connectivity index (χ4v) is 3.06. The lowest BCUT2D eigenvalue weighted by molar-refractivity contribution is 0.602. The van der Waals surface area contributed by atoms with Crippen LogP contribution in [0.4, 0.5) is 0 Å². The van der Waals surface area contributed by atoms with Crippen molar-refractivity contribution >= 4 is 49.9 Å². The van der Waals surface area contributed by atoms with Crippen LogP contribution in [0.2, 0.25) is 5.02 Å². The summed E-state index contributed by atoms with van der Waals surface area (Å²) in [6, 6.07) is 13.2. The Labute approximate surface area is 145 Å². The van der Waals surface area contributed by atoms with Crippen LogP contribution in [-0.4, -0.2) is 19.7 Å². The van der Waals surface area contributed by atoms with Gasteiger partial charge in [0.1, 0.15) is 4.99 Å². The summed E-state index contributed by atoms with van der Waals surface area (Å²) in [6.07, 6.45) is 1.15. The molecule has 0 radical (unpaired) electrons. The second-order valence-electron chi connectivity index (χ2n) is 4.96. The van der Waals surface area contributed by atoms with Crippen LogP contribution in [0.1, 0.15) is 11.1 Å². The molecule has 0 aliphatic heterocycles. The molecule has 120 valence electrons. The van der Waals surface area contributed by atoms with E-state index in [1.807, 2.05) is 0 Å². The second kappa shape index (κ2) is 6.70. The molecule has 0 spiro atoms. The highest BCUT2D eigenvalue weighted by Gasteiger charge is 2.13. The van der Waals surface area contributed by atoms with Crippen LogP contribution in [0.5, 0.6) is 0 Å².